The molecule has 0 fully saturated rings. The molecule has 1 N–H and O–H groups in total. The summed E-state index contributed by atoms with van der Waals surface area (Å²) >= 11 is 11.9. The van der Waals surface area contributed by atoms with E-state index in [1.54, 1.807) is 25.3 Å². The Hall–Kier alpha value is -2.24. The summed E-state index contributed by atoms with van der Waals surface area (Å²) in [5.74, 6) is 0.365. The molecule has 5 nitrogen and oxygen atoms in total. The van der Waals surface area contributed by atoms with Crippen molar-refractivity contribution >= 4 is 40.5 Å². The lowest BCUT2D eigenvalue weighted by molar-refractivity contribution is -0.125. The molecule has 2 aromatic carbocycles. The van der Waals surface area contributed by atoms with E-state index in [2.05, 4.69) is 10.5 Å². The lowest BCUT2D eigenvalue weighted by Gasteiger charge is -2.10. The predicted octanol–water partition coefficient (Wildman–Crippen LogP) is 4.13. The second-order valence-corrected chi connectivity index (χ2v) is 6.06. The maximum absolute atomic E-state index is 12.3. The monoisotopic (exact) mass is 364 g/mol. The molecule has 0 aromatic heterocycles. The van der Waals surface area contributed by atoms with Gasteiger partial charge in [-0.25, -0.2) is 0 Å². The number of nitrogens with one attached hydrogen (secondary N) is 1. The lowest BCUT2D eigenvalue weighted by Crippen LogP contribution is -2.28. The first-order chi connectivity index (χ1) is 11.6. The third-order valence-corrected chi connectivity index (χ3v) is 3.95. The average Bonchev–Trinajstić information content (AvgIpc) is 3.03. The van der Waals surface area contributed by atoms with E-state index < -0.39 is 6.10 Å². The van der Waals surface area contributed by atoms with E-state index in [4.69, 9.17) is 32.8 Å². The largest absolute Gasteiger partial charge is 0.496 e. The fourth-order valence-electron chi connectivity index (χ4n) is 2.41. The number of hydrogen-bond donors (Lipinski definition) is 1. The number of carbonyl (C=O) groups is 1. The number of oxime groups is 1. The van der Waals surface area contributed by atoms with Crippen molar-refractivity contribution in [2.75, 3.05) is 12.4 Å². The summed E-state index contributed by atoms with van der Waals surface area (Å²) in [7, 11) is 1.59. The Bertz CT molecular complexity index is 788. The van der Waals surface area contributed by atoms with Gasteiger partial charge in [0.1, 0.15) is 5.75 Å². The zero-order valence-electron chi connectivity index (χ0n) is 12.8. The molecule has 1 atom stereocenters. The quantitative estimate of drug-likeness (QED) is 0.886. The van der Waals surface area contributed by atoms with Gasteiger partial charge in [0.25, 0.3) is 5.91 Å². The molecule has 7 heteroatoms. The van der Waals surface area contributed by atoms with Gasteiger partial charge in [-0.05, 0) is 30.3 Å². The number of ether oxygens (including phenoxy) is 1. The minimum absolute atomic E-state index is 0.318. The van der Waals surface area contributed by atoms with Crippen molar-refractivity contribution in [1.29, 1.82) is 0 Å². The summed E-state index contributed by atoms with van der Waals surface area (Å²) in [6.45, 7) is 0. The molecule has 0 saturated carbocycles. The van der Waals surface area contributed by atoms with Crippen LogP contribution in [-0.4, -0.2) is 24.8 Å². The van der Waals surface area contributed by atoms with E-state index in [1.807, 2.05) is 24.3 Å². The van der Waals surface area contributed by atoms with Crippen molar-refractivity contribution < 1.29 is 14.4 Å². The third kappa shape index (κ3) is 3.63. The van der Waals surface area contributed by atoms with E-state index in [1.165, 1.54) is 0 Å². The van der Waals surface area contributed by atoms with E-state index >= 15 is 0 Å². The molecule has 0 aliphatic carbocycles. The minimum Gasteiger partial charge on any atom is -0.496 e. The highest BCUT2D eigenvalue weighted by molar-refractivity contribution is 6.35. The molecule has 1 aliphatic rings. The molecule has 1 amide bonds. The zero-order chi connectivity index (χ0) is 17.1. The van der Waals surface area contributed by atoms with Crippen LogP contribution in [0.25, 0.3) is 0 Å². The Morgan fingerprint density at radius 2 is 1.96 bits per heavy atom. The molecule has 124 valence electrons. The molecule has 2 aromatic rings. The molecule has 0 radical (unpaired) electrons. The van der Waals surface area contributed by atoms with E-state index in [0.717, 1.165) is 5.56 Å². The van der Waals surface area contributed by atoms with Crippen LogP contribution in [0.5, 0.6) is 5.75 Å². The molecule has 0 spiro atoms. The number of para-hydroxylation sites is 1. The van der Waals surface area contributed by atoms with Crippen LogP contribution >= 0.6 is 23.2 Å². The molecular weight excluding hydrogens is 351 g/mol. The fourth-order valence-corrected chi connectivity index (χ4v) is 2.93. The van der Waals surface area contributed by atoms with Gasteiger partial charge in [0.15, 0.2) is 0 Å². The molecule has 24 heavy (non-hydrogen) atoms. The Morgan fingerprint density at radius 3 is 2.67 bits per heavy atom. The first-order valence-electron chi connectivity index (χ1n) is 7.20. The number of nitrogens with zero attached hydrogens (tertiary/aromatic N) is 1. The topological polar surface area (TPSA) is 59.9 Å². The maximum atomic E-state index is 12.3. The van der Waals surface area contributed by atoms with E-state index in [-0.39, 0.29) is 5.91 Å². The van der Waals surface area contributed by atoms with E-state index in [9.17, 15) is 4.79 Å². The number of amides is 1. The number of rotatable bonds is 4. The van der Waals surface area contributed by atoms with Gasteiger partial charge in [0.2, 0.25) is 6.10 Å². The van der Waals surface area contributed by atoms with Crippen LogP contribution in [0, 0.1) is 0 Å². The Balaban J connectivity index is 1.69. The minimum atomic E-state index is -0.720. The van der Waals surface area contributed by atoms with Crippen LogP contribution < -0.4 is 10.1 Å². The summed E-state index contributed by atoms with van der Waals surface area (Å²) in [5.41, 5.74) is 1.98. The van der Waals surface area contributed by atoms with Gasteiger partial charge < -0.3 is 14.9 Å². The predicted molar refractivity (Wildman–Crippen MR) is 94.1 cm³/mol. The Morgan fingerprint density at radius 1 is 1.25 bits per heavy atom. The Kier molecular flexibility index (Phi) is 4.92. The summed E-state index contributed by atoms with van der Waals surface area (Å²) < 4.78 is 5.31. The highest BCUT2D eigenvalue weighted by atomic mass is 35.5. The second kappa shape index (κ2) is 7.11. The van der Waals surface area contributed by atoms with E-state index in [0.29, 0.717) is 33.6 Å². The molecule has 0 bridgehead atoms. The van der Waals surface area contributed by atoms with Gasteiger partial charge in [0.05, 0.1) is 12.8 Å². The fraction of sp³-hybridized carbons (Fsp3) is 0.176. The van der Waals surface area contributed by atoms with Gasteiger partial charge in [-0.1, -0.05) is 40.5 Å². The molecule has 1 aliphatic heterocycles. The summed E-state index contributed by atoms with van der Waals surface area (Å²) in [5, 5.41) is 7.63. The van der Waals surface area contributed by atoms with Gasteiger partial charge >= 0.3 is 0 Å². The highest BCUT2D eigenvalue weighted by Gasteiger charge is 2.30. The normalized spacial score (nSPS) is 16.3. The standard InChI is InChI=1S/C17H14Cl2N2O3/c1-23-15-5-3-2-4-13(15)14-9-16(24-21-14)17(22)20-12-7-10(18)6-11(19)8-12/h2-8,16H,9H2,1H3,(H,20,22). The van der Waals surface area contributed by atoms with Crippen LogP contribution in [0.4, 0.5) is 5.69 Å². The van der Waals surface area contributed by atoms with Gasteiger partial charge in [-0.3, -0.25) is 4.79 Å². The number of halogens is 2. The third-order valence-electron chi connectivity index (χ3n) is 3.51. The molecule has 1 heterocycles. The van der Waals surface area contributed by atoms with Crippen LogP contribution in [0.2, 0.25) is 10.0 Å². The van der Waals surface area contributed by atoms with Crippen molar-refractivity contribution in [2.24, 2.45) is 5.16 Å². The van der Waals surface area contributed by atoms with Crippen LogP contribution in [0.1, 0.15) is 12.0 Å². The van der Waals surface area contributed by atoms with Gasteiger partial charge in [0, 0.05) is 27.7 Å². The SMILES string of the molecule is COc1ccccc1C1=NOC(C(=O)Nc2cc(Cl)cc(Cl)c2)C1. The number of hydrogen-bond acceptors (Lipinski definition) is 4. The number of anilines is 1. The molecule has 3 rings (SSSR count). The van der Waals surface area contributed by atoms with Crippen molar-refractivity contribution in [3.05, 3.63) is 58.1 Å². The van der Waals surface area contributed by atoms with Crippen LogP contribution in [0.3, 0.4) is 0 Å². The number of carbonyl (C=O) groups excluding carboxylic acids is 1. The van der Waals surface area contributed by atoms with Crippen LogP contribution in [0.15, 0.2) is 47.6 Å². The average molecular weight is 365 g/mol. The molecule has 1 unspecified atom stereocenters. The summed E-state index contributed by atoms with van der Waals surface area (Å²) in [6, 6.07) is 12.3. The summed E-state index contributed by atoms with van der Waals surface area (Å²) in [6.07, 6.45) is -0.372. The Labute approximate surface area is 149 Å². The molecular formula is C17H14Cl2N2O3. The number of methoxy groups -OCH3 is 1. The lowest BCUT2D eigenvalue weighted by atomic mass is 10.0. The summed E-state index contributed by atoms with van der Waals surface area (Å²) in [4.78, 5) is 17.6. The van der Waals surface area contributed by atoms with Gasteiger partial charge in [-0.15, -0.1) is 0 Å². The van der Waals surface area contributed by atoms with Crippen molar-refractivity contribution in [3.8, 4) is 5.75 Å². The molecule has 0 saturated heterocycles. The van der Waals surface area contributed by atoms with Crippen molar-refractivity contribution in [2.45, 2.75) is 12.5 Å². The number of benzene rings is 2. The maximum Gasteiger partial charge on any atom is 0.268 e. The highest BCUT2D eigenvalue weighted by Crippen LogP contribution is 2.26. The first kappa shape index (κ1) is 16.6. The second-order valence-electron chi connectivity index (χ2n) is 5.18. The zero-order valence-corrected chi connectivity index (χ0v) is 14.3. The van der Waals surface area contributed by atoms with Gasteiger partial charge in [-0.2, -0.15) is 0 Å². The van der Waals surface area contributed by atoms with Crippen molar-refractivity contribution in [1.82, 2.24) is 0 Å². The van der Waals surface area contributed by atoms with Crippen molar-refractivity contribution in [3.63, 3.8) is 0 Å². The smallest absolute Gasteiger partial charge is 0.268 e. The van der Waals surface area contributed by atoms with Crippen LogP contribution in [-0.2, 0) is 9.63 Å². The first-order valence-corrected chi connectivity index (χ1v) is 7.95.